The van der Waals surface area contributed by atoms with E-state index in [2.05, 4.69) is 33.7 Å². The Labute approximate surface area is 126 Å². The van der Waals surface area contributed by atoms with Crippen LogP contribution < -0.4 is 10.6 Å². The predicted molar refractivity (Wildman–Crippen MR) is 86.2 cm³/mol. The minimum absolute atomic E-state index is 0.325. The van der Waals surface area contributed by atoms with Gasteiger partial charge < -0.3 is 15.5 Å². The van der Waals surface area contributed by atoms with Crippen molar-refractivity contribution in [3.8, 4) is 0 Å². The molecule has 2 heterocycles. The zero-order chi connectivity index (χ0) is 14.7. The Bertz CT molecular complexity index is 482. The van der Waals surface area contributed by atoms with Gasteiger partial charge in [-0.05, 0) is 32.4 Å². The molecule has 0 atom stereocenters. The van der Waals surface area contributed by atoms with Gasteiger partial charge in [-0.3, -0.25) is 0 Å². The molecule has 0 aliphatic carbocycles. The highest BCUT2D eigenvalue weighted by Crippen LogP contribution is 2.19. The van der Waals surface area contributed by atoms with Crippen molar-refractivity contribution in [2.24, 2.45) is 5.73 Å². The third-order valence-electron chi connectivity index (χ3n) is 3.96. The SMILES string of the molecule is CCN1CCC(N(C)c2nc(C)cc(C(N)=S)n2)CC1. The third kappa shape index (κ3) is 3.43. The van der Waals surface area contributed by atoms with E-state index in [0.717, 1.165) is 44.1 Å². The van der Waals surface area contributed by atoms with Gasteiger partial charge in [0.2, 0.25) is 5.95 Å². The van der Waals surface area contributed by atoms with Crippen molar-refractivity contribution >= 4 is 23.2 Å². The normalized spacial score (nSPS) is 17.1. The van der Waals surface area contributed by atoms with Crippen molar-refractivity contribution in [2.75, 3.05) is 31.6 Å². The maximum atomic E-state index is 5.68. The van der Waals surface area contributed by atoms with E-state index in [1.807, 2.05) is 13.0 Å². The molecule has 0 radical (unpaired) electrons. The van der Waals surface area contributed by atoms with E-state index in [-0.39, 0.29) is 0 Å². The van der Waals surface area contributed by atoms with E-state index in [0.29, 0.717) is 16.7 Å². The van der Waals surface area contributed by atoms with E-state index in [1.54, 1.807) is 0 Å². The molecule has 1 aliphatic heterocycles. The molecular weight excluding hydrogens is 270 g/mol. The lowest BCUT2D eigenvalue weighted by molar-refractivity contribution is 0.220. The number of piperidine rings is 1. The van der Waals surface area contributed by atoms with Crippen LogP contribution in [0.2, 0.25) is 0 Å². The summed E-state index contributed by atoms with van der Waals surface area (Å²) in [5, 5.41) is 0. The maximum absolute atomic E-state index is 5.68. The van der Waals surface area contributed by atoms with Gasteiger partial charge in [0.05, 0.1) is 0 Å². The van der Waals surface area contributed by atoms with Crippen LogP contribution in [0.15, 0.2) is 6.07 Å². The zero-order valence-electron chi connectivity index (χ0n) is 12.5. The molecule has 5 nitrogen and oxygen atoms in total. The number of likely N-dealkylation sites (tertiary alicyclic amines) is 1. The summed E-state index contributed by atoms with van der Waals surface area (Å²) in [5.41, 5.74) is 7.23. The molecule has 1 fully saturated rings. The van der Waals surface area contributed by atoms with Gasteiger partial charge in [-0.25, -0.2) is 9.97 Å². The second-order valence-electron chi connectivity index (χ2n) is 5.34. The van der Waals surface area contributed by atoms with Gasteiger partial charge in [-0.1, -0.05) is 19.1 Å². The van der Waals surface area contributed by atoms with Crippen LogP contribution >= 0.6 is 12.2 Å². The van der Waals surface area contributed by atoms with E-state index < -0.39 is 0 Å². The zero-order valence-corrected chi connectivity index (χ0v) is 13.3. The molecule has 2 rings (SSSR count). The third-order valence-corrected chi connectivity index (χ3v) is 4.17. The Morgan fingerprint density at radius 1 is 1.45 bits per heavy atom. The van der Waals surface area contributed by atoms with Crippen LogP contribution in [0.4, 0.5) is 5.95 Å². The standard InChI is InChI=1S/C14H23N5S/c1-4-19-7-5-11(6-8-19)18(3)14-16-10(2)9-12(17-14)13(15)20/h9,11H,4-8H2,1-3H3,(H2,15,20). The molecule has 110 valence electrons. The summed E-state index contributed by atoms with van der Waals surface area (Å²) in [7, 11) is 2.06. The first-order valence-electron chi connectivity index (χ1n) is 7.12. The molecule has 2 N–H and O–H groups in total. The minimum Gasteiger partial charge on any atom is -0.388 e. The number of thiocarbonyl (C=S) groups is 1. The molecule has 0 bridgehead atoms. The van der Waals surface area contributed by atoms with Gasteiger partial charge in [-0.15, -0.1) is 0 Å². The first-order chi connectivity index (χ1) is 9.51. The van der Waals surface area contributed by atoms with E-state index in [4.69, 9.17) is 18.0 Å². The number of aromatic nitrogens is 2. The second kappa shape index (κ2) is 6.45. The van der Waals surface area contributed by atoms with Crippen molar-refractivity contribution < 1.29 is 0 Å². The minimum atomic E-state index is 0.325. The van der Waals surface area contributed by atoms with E-state index >= 15 is 0 Å². The molecule has 1 aliphatic rings. The summed E-state index contributed by atoms with van der Waals surface area (Å²) < 4.78 is 0. The van der Waals surface area contributed by atoms with Crippen LogP contribution in [0.25, 0.3) is 0 Å². The fraction of sp³-hybridized carbons (Fsp3) is 0.643. The summed E-state index contributed by atoms with van der Waals surface area (Å²) in [6.45, 7) is 7.56. The number of rotatable bonds is 4. The van der Waals surface area contributed by atoms with Gasteiger partial charge in [0, 0.05) is 31.9 Å². The van der Waals surface area contributed by atoms with Crippen LogP contribution in [0.1, 0.15) is 31.2 Å². The van der Waals surface area contributed by atoms with E-state index in [1.165, 1.54) is 0 Å². The van der Waals surface area contributed by atoms with Crippen LogP contribution in [0.5, 0.6) is 0 Å². The van der Waals surface area contributed by atoms with Crippen LogP contribution in [0.3, 0.4) is 0 Å². The molecule has 0 aromatic carbocycles. The Kier molecular flexibility index (Phi) is 4.88. The molecule has 20 heavy (non-hydrogen) atoms. The fourth-order valence-corrected chi connectivity index (χ4v) is 2.73. The lowest BCUT2D eigenvalue weighted by atomic mass is 10.0. The molecule has 0 spiro atoms. The van der Waals surface area contributed by atoms with Crippen LogP contribution in [-0.2, 0) is 0 Å². The van der Waals surface area contributed by atoms with Gasteiger partial charge in [0.15, 0.2) is 0 Å². The van der Waals surface area contributed by atoms with Crippen LogP contribution in [0, 0.1) is 6.92 Å². The highest BCUT2D eigenvalue weighted by Gasteiger charge is 2.23. The van der Waals surface area contributed by atoms with Crippen molar-refractivity contribution in [2.45, 2.75) is 32.7 Å². The molecule has 0 unspecified atom stereocenters. The highest BCUT2D eigenvalue weighted by molar-refractivity contribution is 7.80. The summed E-state index contributed by atoms with van der Waals surface area (Å²) >= 11 is 5.02. The van der Waals surface area contributed by atoms with Crippen molar-refractivity contribution in [3.63, 3.8) is 0 Å². The van der Waals surface area contributed by atoms with Gasteiger partial charge in [-0.2, -0.15) is 0 Å². The number of hydrogen-bond acceptors (Lipinski definition) is 5. The van der Waals surface area contributed by atoms with Crippen molar-refractivity contribution in [1.82, 2.24) is 14.9 Å². The summed E-state index contributed by atoms with van der Waals surface area (Å²) in [6, 6.07) is 2.32. The largest absolute Gasteiger partial charge is 0.388 e. The molecule has 0 saturated carbocycles. The Hall–Kier alpha value is -1.27. The smallest absolute Gasteiger partial charge is 0.226 e. The summed E-state index contributed by atoms with van der Waals surface area (Å²) in [6.07, 6.45) is 2.29. The molecule has 6 heteroatoms. The topological polar surface area (TPSA) is 58.3 Å². The summed E-state index contributed by atoms with van der Waals surface area (Å²) in [5.74, 6) is 0.725. The quantitative estimate of drug-likeness (QED) is 0.846. The number of nitrogens with two attached hydrogens (primary N) is 1. The molecule has 1 aromatic heterocycles. The second-order valence-corrected chi connectivity index (χ2v) is 5.77. The average molecular weight is 293 g/mol. The van der Waals surface area contributed by atoms with Gasteiger partial charge in [0.25, 0.3) is 0 Å². The molecule has 1 aromatic rings. The Balaban J connectivity index is 2.13. The van der Waals surface area contributed by atoms with Crippen molar-refractivity contribution in [1.29, 1.82) is 0 Å². The Morgan fingerprint density at radius 3 is 2.65 bits per heavy atom. The molecular formula is C14H23N5S. The predicted octanol–water partition coefficient (Wildman–Crippen LogP) is 1.34. The van der Waals surface area contributed by atoms with Gasteiger partial charge in [0.1, 0.15) is 10.7 Å². The average Bonchev–Trinajstić information content (AvgIpc) is 2.46. The Morgan fingerprint density at radius 2 is 2.10 bits per heavy atom. The first-order valence-corrected chi connectivity index (χ1v) is 7.52. The van der Waals surface area contributed by atoms with Crippen molar-refractivity contribution in [3.05, 3.63) is 17.5 Å². The number of hydrogen-bond donors (Lipinski definition) is 1. The lowest BCUT2D eigenvalue weighted by Gasteiger charge is -2.36. The summed E-state index contributed by atoms with van der Waals surface area (Å²) in [4.78, 5) is 14.0. The van der Waals surface area contributed by atoms with Gasteiger partial charge >= 0.3 is 0 Å². The molecule has 1 saturated heterocycles. The molecule has 0 amide bonds. The number of nitrogens with zero attached hydrogens (tertiary/aromatic N) is 4. The lowest BCUT2D eigenvalue weighted by Crippen LogP contribution is -2.44. The fourth-order valence-electron chi connectivity index (χ4n) is 2.62. The van der Waals surface area contributed by atoms with Crippen LogP contribution in [-0.4, -0.2) is 52.6 Å². The monoisotopic (exact) mass is 293 g/mol. The number of anilines is 1. The maximum Gasteiger partial charge on any atom is 0.226 e. The highest BCUT2D eigenvalue weighted by atomic mass is 32.1. The van der Waals surface area contributed by atoms with E-state index in [9.17, 15) is 0 Å². The number of aryl methyl sites for hydroxylation is 1. The first kappa shape index (κ1) is 15.1.